The smallest absolute Gasteiger partial charge is 0.116 e. The molecule has 1 saturated carbocycles. The molecule has 1 aliphatic rings. The Labute approximate surface area is 140 Å². The molecule has 0 N–H and O–H groups in total. The lowest BCUT2D eigenvalue weighted by Crippen LogP contribution is -1.93. The Morgan fingerprint density at radius 3 is 2.39 bits per heavy atom. The fourth-order valence-corrected chi connectivity index (χ4v) is 3.72. The third-order valence-corrected chi connectivity index (χ3v) is 5.13. The Kier molecular flexibility index (Phi) is 6.19. The summed E-state index contributed by atoms with van der Waals surface area (Å²) in [6, 6.07) is 10.8. The predicted molar refractivity (Wildman–Crippen MR) is 96.2 cm³/mol. The first-order valence-electron chi connectivity index (χ1n) is 9.27. The predicted octanol–water partition coefficient (Wildman–Crippen LogP) is 5.83. The number of aromatic nitrogens is 2. The van der Waals surface area contributed by atoms with E-state index >= 15 is 0 Å². The fraction of sp³-hybridized carbons (Fsp3) is 0.524. The molecule has 2 heteroatoms. The van der Waals surface area contributed by atoms with E-state index < -0.39 is 0 Å². The van der Waals surface area contributed by atoms with Crippen LogP contribution in [0.4, 0.5) is 0 Å². The molecule has 1 aliphatic carbocycles. The van der Waals surface area contributed by atoms with Crippen LogP contribution in [0.2, 0.25) is 0 Å². The van der Waals surface area contributed by atoms with Gasteiger partial charge >= 0.3 is 0 Å². The number of hydrogen-bond donors (Lipinski definition) is 0. The van der Waals surface area contributed by atoms with Gasteiger partial charge in [-0.1, -0.05) is 75.6 Å². The van der Waals surface area contributed by atoms with E-state index in [4.69, 9.17) is 0 Å². The molecule has 122 valence electrons. The van der Waals surface area contributed by atoms with Crippen LogP contribution in [0.25, 0.3) is 11.3 Å². The second kappa shape index (κ2) is 8.81. The molecule has 1 heterocycles. The first-order valence-corrected chi connectivity index (χ1v) is 9.27. The van der Waals surface area contributed by atoms with Gasteiger partial charge in [0, 0.05) is 11.8 Å². The summed E-state index contributed by atoms with van der Waals surface area (Å²) >= 11 is 0. The van der Waals surface area contributed by atoms with Gasteiger partial charge in [-0.3, -0.25) is 0 Å². The van der Waals surface area contributed by atoms with Crippen LogP contribution in [0.5, 0.6) is 0 Å². The Bertz CT molecular complexity index is 556. The van der Waals surface area contributed by atoms with Crippen LogP contribution < -0.4 is 0 Å². The topological polar surface area (TPSA) is 25.8 Å². The quantitative estimate of drug-likeness (QED) is 0.574. The second-order valence-electron chi connectivity index (χ2n) is 6.89. The maximum absolute atomic E-state index is 4.30. The molecular formula is C21H28N2. The maximum Gasteiger partial charge on any atom is 0.116 e. The van der Waals surface area contributed by atoms with Crippen LogP contribution in [-0.2, 0) is 6.42 Å². The van der Waals surface area contributed by atoms with Crippen LogP contribution in [0, 0.1) is 5.92 Å². The summed E-state index contributed by atoms with van der Waals surface area (Å²) in [5.41, 5.74) is 3.62. The van der Waals surface area contributed by atoms with E-state index in [1.807, 2.05) is 6.07 Å². The molecule has 2 aromatic rings. The molecule has 0 radical (unpaired) electrons. The lowest BCUT2D eigenvalue weighted by molar-refractivity contribution is 0.464. The minimum atomic E-state index is 0.999. The summed E-state index contributed by atoms with van der Waals surface area (Å²) < 4.78 is 0. The Balaban J connectivity index is 1.34. The van der Waals surface area contributed by atoms with Crippen molar-refractivity contribution in [3.05, 3.63) is 48.4 Å². The summed E-state index contributed by atoms with van der Waals surface area (Å²) in [7, 11) is 0. The summed E-state index contributed by atoms with van der Waals surface area (Å²) in [5, 5.41) is 0. The zero-order valence-corrected chi connectivity index (χ0v) is 14.1. The molecule has 1 fully saturated rings. The molecule has 1 aromatic carbocycles. The summed E-state index contributed by atoms with van der Waals surface area (Å²) in [4.78, 5) is 8.26. The SMILES string of the molecule is c1cc(-c2ccc(CCCCCCC3CCCC3)cc2)ncn1. The Morgan fingerprint density at radius 1 is 0.870 bits per heavy atom. The summed E-state index contributed by atoms with van der Waals surface area (Å²) in [6.07, 6.45) is 17.6. The maximum atomic E-state index is 4.30. The average molecular weight is 308 g/mol. The number of nitrogens with zero attached hydrogens (tertiary/aromatic N) is 2. The number of hydrogen-bond acceptors (Lipinski definition) is 2. The van der Waals surface area contributed by atoms with E-state index in [0.29, 0.717) is 0 Å². The highest BCUT2D eigenvalue weighted by atomic mass is 14.8. The van der Waals surface area contributed by atoms with Crippen molar-refractivity contribution >= 4 is 0 Å². The van der Waals surface area contributed by atoms with Crippen molar-refractivity contribution in [3.8, 4) is 11.3 Å². The largest absolute Gasteiger partial charge is 0.245 e. The zero-order chi connectivity index (χ0) is 15.7. The molecule has 0 spiro atoms. The van der Waals surface area contributed by atoms with E-state index in [0.717, 1.165) is 11.6 Å². The average Bonchev–Trinajstić information content (AvgIpc) is 3.13. The summed E-state index contributed by atoms with van der Waals surface area (Å²) in [5.74, 6) is 1.06. The highest BCUT2D eigenvalue weighted by molar-refractivity contribution is 5.58. The lowest BCUT2D eigenvalue weighted by Gasteiger charge is -2.08. The molecule has 0 atom stereocenters. The molecule has 0 bridgehead atoms. The number of rotatable bonds is 8. The fourth-order valence-electron chi connectivity index (χ4n) is 3.72. The van der Waals surface area contributed by atoms with Crippen LogP contribution in [0.1, 0.15) is 63.4 Å². The molecule has 2 nitrogen and oxygen atoms in total. The van der Waals surface area contributed by atoms with Gasteiger partial charge in [-0.2, -0.15) is 0 Å². The van der Waals surface area contributed by atoms with Crippen LogP contribution in [0.3, 0.4) is 0 Å². The molecule has 23 heavy (non-hydrogen) atoms. The van der Waals surface area contributed by atoms with Gasteiger partial charge in [0.05, 0.1) is 5.69 Å². The van der Waals surface area contributed by atoms with Crippen molar-refractivity contribution in [1.29, 1.82) is 0 Å². The van der Waals surface area contributed by atoms with Gasteiger partial charge < -0.3 is 0 Å². The highest BCUT2D eigenvalue weighted by Gasteiger charge is 2.13. The van der Waals surface area contributed by atoms with Gasteiger partial charge in [-0.25, -0.2) is 9.97 Å². The van der Waals surface area contributed by atoms with Crippen molar-refractivity contribution < 1.29 is 0 Å². The van der Waals surface area contributed by atoms with Crippen molar-refractivity contribution in [1.82, 2.24) is 9.97 Å². The van der Waals surface area contributed by atoms with E-state index in [-0.39, 0.29) is 0 Å². The molecule has 0 unspecified atom stereocenters. The van der Waals surface area contributed by atoms with E-state index in [1.165, 1.54) is 75.3 Å². The Hall–Kier alpha value is -1.70. The first kappa shape index (κ1) is 16.2. The van der Waals surface area contributed by atoms with Crippen molar-refractivity contribution in [2.24, 2.45) is 5.92 Å². The van der Waals surface area contributed by atoms with Crippen molar-refractivity contribution in [2.45, 2.75) is 64.2 Å². The molecular weight excluding hydrogens is 280 g/mol. The number of unbranched alkanes of at least 4 members (excludes halogenated alkanes) is 3. The minimum Gasteiger partial charge on any atom is -0.245 e. The lowest BCUT2D eigenvalue weighted by atomic mass is 9.98. The molecule has 3 rings (SSSR count). The molecule has 0 saturated heterocycles. The molecule has 1 aromatic heterocycles. The van der Waals surface area contributed by atoms with Gasteiger partial charge in [0.2, 0.25) is 0 Å². The van der Waals surface area contributed by atoms with E-state index in [1.54, 1.807) is 12.5 Å². The first-order chi connectivity index (χ1) is 11.4. The van der Waals surface area contributed by atoms with Crippen molar-refractivity contribution in [3.63, 3.8) is 0 Å². The monoisotopic (exact) mass is 308 g/mol. The van der Waals surface area contributed by atoms with Gasteiger partial charge in [-0.15, -0.1) is 0 Å². The van der Waals surface area contributed by atoms with Crippen LogP contribution in [-0.4, -0.2) is 9.97 Å². The molecule has 0 amide bonds. The minimum absolute atomic E-state index is 0.999. The third-order valence-electron chi connectivity index (χ3n) is 5.13. The van der Waals surface area contributed by atoms with E-state index in [2.05, 4.69) is 34.2 Å². The second-order valence-corrected chi connectivity index (χ2v) is 6.89. The molecule has 0 aliphatic heterocycles. The van der Waals surface area contributed by atoms with Gasteiger partial charge in [0.1, 0.15) is 6.33 Å². The van der Waals surface area contributed by atoms with Gasteiger partial charge in [0.15, 0.2) is 0 Å². The summed E-state index contributed by atoms with van der Waals surface area (Å²) in [6.45, 7) is 0. The zero-order valence-electron chi connectivity index (χ0n) is 14.1. The van der Waals surface area contributed by atoms with Crippen LogP contribution >= 0.6 is 0 Å². The van der Waals surface area contributed by atoms with Gasteiger partial charge in [0.25, 0.3) is 0 Å². The van der Waals surface area contributed by atoms with Crippen LogP contribution in [0.15, 0.2) is 42.9 Å². The highest BCUT2D eigenvalue weighted by Crippen LogP contribution is 2.29. The Morgan fingerprint density at radius 2 is 1.65 bits per heavy atom. The van der Waals surface area contributed by atoms with Crippen molar-refractivity contribution in [2.75, 3.05) is 0 Å². The van der Waals surface area contributed by atoms with Gasteiger partial charge in [-0.05, 0) is 30.4 Å². The third kappa shape index (κ3) is 5.16. The normalized spacial score (nSPS) is 15.1. The number of aryl methyl sites for hydroxylation is 1. The standard InChI is InChI=1S/C21H28N2/c1(3-7-18-9-5-6-10-18)2-4-8-19-11-13-20(14-12-19)21-15-16-22-17-23-21/h11-18H,1-10H2. The number of benzene rings is 1. The van der Waals surface area contributed by atoms with E-state index in [9.17, 15) is 0 Å².